The van der Waals surface area contributed by atoms with Crippen LogP contribution >= 0.6 is 23.4 Å². The zero-order valence-corrected chi connectivity index (χ0v) is 12.4. The van der Waals surface area contributed by atoms with Gasteiger partial charge in [-0.3, -0.25) is 4.79 Å². The molecule has 0 aliphatic heterocycles. The van der Waals surface area contributed by atoms with Crippen molar-refractivity contribution in [1.82, 2.24) is 9.88 Å². The summed E-state index contributed by atoms with van der Waals surface area (Å²) in [7, 11) is 1.79. The van der Waals surface area contributed by atoms with Crippen molar-refractivity contribution in [1.29, 1.82) is 0 Å². The first-order valence-corrected chi connectivity index (χ1v) is 7.42. The van der Waals surface area contributed by atoms with Crippen molar-refractivity contribution in [3.05, 3.63) is 22.8 Å². The van der Waals surface area contributed by atoms with Gasteiger partial charge < -0.3 is 10.6 Å². The highest BCUT2D eigenvalue weighted by atomic mass is 35.5. The minimum atomic E-state index is -0.0837. The van der Waals surface area contributed by atoms with Gasteiger partial charge in [0.05, 0.1) is 0 Å². The summed E-state index contributed by atoms with van der Waals surface area (Å²) < 4.78 is 0. The number of hydrogen-bond acceptors (Lipinski definition) is 4. The van der Waals surface area contributed by atoms with Crippen molar-refractivity contribution in [2.24, 2.45) is 0 Å². The highest BCUT2D eigenvalue weighted by Gasteiger charge is 2.18. The number of carbonyl (C=O) groups is 1. The molecule has 0 fully saturated rings. The molecular weight excluding hydrogens is 270 g/mol. The lowest BCUT2D eigenvalue weighted by molar-refractivity contribution is 0.0741. The van der Waals surface area contributed by atoms with Crippen LogP contribution in [0.4, 0.5) is 5.82 Å². The van der Waals surface area contributed by atoms with Gasteiger partial charge in [0, 0.05) is 18.7 Å². The number of hydrogen-bond donors (Lipinski definition) is 1. The second-order valence-corrected chi connectivity index (χ2v) is 5.52. The van der Waals surface area contributed by atoms with E-state index in [9.17, 15) is 4.79 Å². The highest BCUT2D eigenvalue weighted by Crippen LogP contribution is 2.16. The summed E-state index contributed by atoms with van der Waals surface area (Å²) in [4.78, 5) is 17.8. The third-order valence-corrected chi connectivity index (χ3v) is 3.62. The Balaban J connectivity index is 2.79. The second kappa shape index (κ2) is 6.85. The number of thioether (sulfide) groups is 1. The summed E-state index contributed by atoms with van der Waals surface area (Å²) in [5, 5.41) is 0.239. The molecule has 0 saturated carbocycles. The molecule has 1 aromatic heterocycles. The fourth-order valence-corrected chi connectivity index (χ4v) is 2.32. The Morgan fingerprint density at radius 3 is 2.83 bits per heavy atom. The Hall–Kier alpha value is -0.940. The number of nitrogens with two attached hydrogens (primary N) is 1. The summed E-state index contributed by atoms with van der Waals surface area (Å²) in [5.74, 6) is 1.20. The van der Waals surface area contributed by atoms with Crippen LogP contribution in [0.15, 0.2) is 12.1 Å². The lowest BCUT2D eigenvalue weighted by Crippen LogP contribution is -2.35. The van der Waals surface area contributed by atoms with Gasteiger partial charge >= 0.3 is 0 Å². The van der Waals surface area contributed by atoms with Gasteiger partial charge in [-0.1, -0.05) is 11.6 Å². The van der Waals surface area contributed by atoms with Crippen LogP contribution in [0.1, 0.15) is 23.7 Å². The van der Waals surface area contributed by atoms with E-state index in [4.69, 9.17) is 17.3 Å². The molecule has 1 unspecified atom stereocenters. The number of nitrogens with zero attached hydrogens (tertiary/aromatic N) is 2. The van der Waals surface area contributed by atoms with E-state index in [-0.39, 0.29) is 22.9 Å². The molecule has 1 atom stereocenters. The van der Waals surface area contributed by atoms with Gasteiger partial charge in [0.25, 0.3) is 5.91 Å². The molecule has 18 heavy (non-hydrogen) atoms. The normalized spacial score (nSPS) is 12.2. The van der Waals surface area contributed by atoms with E-state index in [1.807, 2.05) is 6.92 Å². The Kier molecular flexibility index (Phi) is 5.75. The van der Waals surface area contributed by atoms with Crippen LogP contribution in [-0.4, -0.2) is 40.9 Å². The first kappa shape index (κ1) is 15.1. The molecule has 1 heterocycles. The third-order valence-electron chi connectivity index (χ3n) is 2.78. The average molecular weight is 288 g/mol. The van der Waals surface area contributed by atoms with Crippen molar-refractivity contribution in [3.63, 3.8) is 0 Å². The van der Waals surface area contributed by atoms with Crippen LogP contribution in [-0.2, 0) is 0 Å². The number of carbonyl (C=O) groups excluding carboxylic acids is 1. The smallest absolute Gasteiger partial charge is 0.254 e. The standard InChI is InChI=1S/C12H18ClN3OS/c1-8(4-5-18-3)16(2)12(17)9-6-10(13)15-11(14)7-9/h6-8H,4-5H2,1-3H3,(H2,14,15). The number of anilines is 1. The highest BCUT2D eigenvalue weighted by molar-refractivity contribution is 7.98. The number of rotatable bonds is 5. The summed E-state index contributed by atoms with van der Waals surface area (Å²) >= 11 is 7.57. The van der Waals surface area contributed by atoms with E-state index in [2.05, 4.69) is 11.2 Å². The zero-order chi connectivity index (χ0) is 13.7. The predicted molar refractivity (Wildman–Crippen MR) is 78.2 cm³/mol. The van der Waals surface area contributed by atoms with Gasteiger partial charge in [-0.15, -0.1) is 0 Å². The van der Waals surface area contributed by atoms with Gasteiger partial charge in [0.2, 0.25) is 0 Å². The van der Waals surface area contributed by atoms with Gasteiger partial charge in [0.15, 0.2) is 0 Å². The van der Waals surface area contributed by atoms with E-state index < -0.39 is 0 Å². The fraction of sp³-hybridized carbons (Fsp3) is 0.500. The summed E-state index contributed by atoms with van der Waals surface area (Å²) in [6.07, 6.45) is 3.01. The van der Waals surface area contributed by atoms with E-state index >= 15 is 0 Å². The van der Waals surface area contributed by atoms with Crippen molar-refractivity contribution in [2.75, 3.05) is 24.8 Å². The fourth-order valence-electron chi connectivity index (χ4n) is 1.53. The predicted octanol–water partition coefficient (Wildman–Crippen LogP) is 2.53. The van der Waals surface area contributed by atoms with Crippen LogP contribution in [0.2, 0.25) is 5.15 Å². The summed E-state index contributed by atoms with van der Waals surface area (Å²) in [5.41, 5.74) is 6.06. The van der Waals surface area contributed by atoms with Crippen LogP contribution < -0.4 is 5.73 Å². The molecule has 0 aliphatic carbocycles. The Morgan fingerprint density at radius 1 is 1.61 bits per heavy atom. The van der Waals surface area contributed by atoms with Crippen LogP contribution in [0.3, 0.4) is 0 Å². The summed E-state index contributed by atoms with van der Waals surface area (Å²) in [6.45, 7) is 2.03. The Labute approximate surface area is 117 Å². The zero-order valence-electron chi connectivity index (χ0n) is 10.8. The van der Waals surface area contributed by atoms with Crippen LogP contribution in [0.5, 0.6) is 0 Å². The maximum absolute atomic E-state index is 12.2. The molecule has 0 saturated heterocycles. The Morgan fingerprint density at radius 2 is 2.28 bits per heavy atom. The topological polar surface area (TPSA) is 59.2 Å². The van der Waals surface area contributed by atoms with Gasteiger partial charge in [-0.25, -0.2) is 4.98 Å². The molecule has 1 amide bonds. The van der Waals surface area contributed by atoms with Gasteiger partial charge in [-0.05, 0) is 37.5 Å². The number of halogens is 1. The molecule has 6 heteroatoms. The first-order valence-electron chi connectivity index (χ1n) is 5.65. The van der Waals surface area contributed by atoms with Crippen molar-refractivity contribution in [2.45, 2.75) is 19.4 Å². The molecule has 4 nitrogen and oxygen atoms in total. The number of pyridine rings is 1. The van der Waals surface area contributed by atoms with Gasteiger partial charge in [0.1, 0.15) is 11.0 Å². The molecule has 0 aliphatic rings. The van der Waals surface area contributed by atoms with E-state index in [0.717, 1.165) is 12.2 Å². The second-order valence-electron chi connectivity index (χ2n) is 4.15. The molecular formula is C12H18ClN3OS. The first-order chi connectivity index (χ1) is 8.45. The molecule has 0 aromatic carbocycles. The third kappa shape index (κ3) is 4.07. The largest absolute Gasteiger partial charge is 0.384 e. The average Bonchev–Trinajstić information content (AvgIpc) is 2.32. The van der Waals surface area contributed by atoms with E-state index in [1.54, 1.807) is 29.8 Å². The molecule has 2 N–H and O–H groups in total. The molecule has 0 bridgehead atoms. The molecule has 1 aromatic rings. The lowest BCUT2D eigenvalue weighted by Gasteiger charge is -2.25. The quantitative estimate of drug-likeness (QED) is 0.846. The van der Waals surface area contributed by atoms with E-state index in [1.165, 1.54) is 6.07 Å². The SMILES string of the molecule is CSCCC(C)N(C)C(=O)c1cc(N)nc(Cl)c1. The number of aromatic nitrogens is 1. The van der Waals surface area contributed by atoms with Crippen LogP contribution in [0, 0.1) is 0 Å². The minimum absolute atomic E-state index is 0.0837. The van der Waals surface area contributed by atoms with Crippen molar-refractivity contribution >= 4 is 35.1 Å². The molecule has 0 spiro atoms. The van der Waals surface area contributed by atoms with Crippen LogP contribution in [0.25, 0.3) is 0 Å². The van der Waals surface area contributed by atoms with Gasteiger partial charge in [-0.2, -0.15) is 11.8 Å². The minimum Gasteiger partial charge on any atom is -0.384 e. The number of amides is 1. The lowest BCUT2D eigenvalue weighted by atomic mass is 10.2. The maximum Gasteiger partial charge on any atom is 0.254 e. The monoisotopic (exact) mass is 287 g/mol. The van der Waals surface area contributed by atoms with Crippen molar-refractivity contribution < 1.29 is 4.79 Å². The van der Waals surface area contributed by atoms with E-state index in [0.29, 0.717) is 5.56 Å². The van der Waals surface area contributed by atoms with Crippen molar-refractivity contribution in [3.8, 4) is 0 Å². The molecule has 100 valence electrons. The Bertz CT molecular complexity index is 408. The molecule has 0 radical (unpaired) electrons. The maximum atomic E-state index is 12.2. The number of nitrogen functional groups attached to an aromatic ring is 1. The molecule has 1 rings (SSSR count). The summed E-state index contributed by atoms with van der Waals surface area (Å²) in [6, 6.07) is 3.27.